The highest BCUT2D eigenvalue weighted by atomic mass is 16.5. The Balaban J connectivity index is 4.00. The third-order valence-electron chi connectivity index (χ3n) is 2.53. The van der Waals surface area contributed by atoms with Gasteiger partial charge in [0.2, 0.25) is 0 Å². The van der Waals surface area contributed by atoms with Gasteiger partial charge in [-0.05, 0) is 19.8 Å². The van der Waals surface area contributed by atoms with Crippen LogP contribution in [0.25, 0.3) is 0 Å². The van der Waals surface area contributed by atoms with Gasteiger partial charge >= 0.3 is 0 Å². The topological polar surface area (TPSA) is 33.1 Å². The van der Waals surface area contributed by atoms with E-state index in [0.29, 0.717) is 11.8 Å². The summed E-state index contributed by atoms with van der Waals surface area (Å²) < 4.78 is 5.48. The summed E-state index contributed by atoms with van der Waals surface area (Å²) in [6, 6.07) is 0. The van der Waals surface area contributed by atoms with Crippen molar-refractivity contribution in [1.29, 1.82) is 5.41 Å². The zero-order chi connectivity index (χ0) is 12.0. The van der Waals surface area contributed by atoms with E-state index < -0.39 is 0 Å². The molecule has 1 atom stereocenters. The Labute approximate surface area is 94.2 Å². The maximum absolute atomic E-state index is 7.60. The van der Waals surface area contributed by atoms with Crippen LogP contribution in [0, 0.1) is 17.2 Å². The molecule has 0 fully saturated rings. The average Bonchev–Trinajstić information content (AvgIpc) is 2.13. The first-order valence-corrected chi connectivity index (χ1v) is 5.76. The smallest absolute Gasteiger partial charge is 0.183 e. The molecule has 1 unspecified atom stereocenters. The molecule has 0 aromatic rings. The van der Waals surface area contributed by atoms with E-state index >= 15 is 0 Å². The third-order valence-corrected chi connectivity index (χ3v) is 2.53. The van der Waals surface area contributed by atoms with Crippen molar-refractivity contribution in [2.24, 2.45) is 11.8 Å². The van der Waals surface area contributed by atoms with Crippen LogP contribution in [0.15, 0.2) is 11.6 Å². The van der Waals surface area contributed by atoms with E-state index in [4.69, 9.17) is 10.1 Å². The van der Waals surface area contributed by atoms with Gasteiger partial charge < -0.3 is 4.74 Å². The molecule has 0 aliphatic heterocycles. The molecule has 0 aromatic carbocycles. The summed E-state index contributed by atoms with van der Waals surface area (Å²) >= 11 is 0. The lowest BCUT2D eigenvalue weighted by atomic mass is 10.0. The zero-order valence-electron chi connectivity index (χ0n) is 10.9. The number of hydrogen-bond donors (Lipinski definition) is 1. The van der Waals surface area contributed by atoms with Crippen molar-refractivity contribution < 1.29 is 4.74 Å². The number of rotatable bonds is 5. The van der Waals surface area contributed by atoms with Crippen LogP contribution in [0.5, 0.6) is 0 Å². The van der Waals surface area contributed by atoms with E-state index in [1.54, 1.807) is 0 Å². The van der Waals surface area contributed by atoms with Crippen LogP contribution >= 0.6 is 0 Å². The molecule has 0 bridgehead atoms. The minimum Gasteiger partial charge on any atom is -0.478 e. The fourth-order valence-electron chi connectivity index (χ4n) is 0.988. The fourth-order valence-corrected chi connectivity index (χ4v) is 0.988. The highest BCUT2D eigenvalue weighted by Gasteiger charge is 2.08. The van der Waals surface area contributed by atoms with Crippen molar-refractivity contribution in [3.63, 3.8) is 0 Å². The predicted molar refractivity (Wildman–Crippen MR) is 66.3 cm³/mol. The molecule has 88 valence electrons. The molecule has 0 heterocycles. The van der Waals surface area contributed by atoms with Crippen molar-refractivity contribution in [2.75, 3.05) is 0 Å². The Morgan fingerprint density at radius 3 is 2.07 bits per heavy atom. The fraction of sp³-hybridized carbons (Fsp3) is 0.769. The molecule has 2 heteroatoms. The predicted octanol–water partition coefficient (Wildman–Crippen LogP) is 4.02. The number of allylic oxidation sites excluding steroid dienone is 1. The van der Waals surface area contributed by atoms with Crippen molar-refractivity contribution in [3.8, 4) is 0 Å². The Morgan fingerprint density at radius 2 is 1.67 bits per heavy atom. The molecule has 0 rings (SSSR count). The molecule has 0 spiro atoms. The molecule has 15 heavy (non-hydrogen) atoms. The summed E-state index contributed by atoms with van der Waals surface area (Å²) in [6.07, 6.45) is 3.20. The lowest BCUT2D eigenvalue weighted by molar-refractivity contribution is 0.195. The normalized spacial score (nSPS) is 14.5. The summed E-state index contributed by atoms with van der Waals surface area (Å²) in [7, 11) is 0. The van der Waals surface area contributed by atoms with Crippen LogP contribution in [0.4, 0.5) is 0 Å². The molecular weight excluding hydrogens is 186 g/mol. The third kappa shape index (κ3) is 6.32. The quantitative estimate of drug-likeness (QED) is 0.416. The largest absolute Gasteiger partial charge is 0.478 e. The summed E-state index contributed by atoms with van der Waals surface area (Å²) in [6.45, 7) is 12.5. The van der Waals surface area contributed by atoms with Crippen LogP contribution in [-0.2, 0) is 4.74 Å². The van der Waals surface area contributed by atoms with E-state index in [9.17, 15) is 0 Å². The van der Waals surface area contributed by atoms with Crippen LogP contribution in [0.1, 0.15) is 48.0 Å². The molecule has 0 radical (unpaired) electrons. The average molecular weight is 211 g/mol. The first-order chi connectivity index (χ1) is 6.84. The Bertz CT molecular complexity index is 229. The molecule has 0 saturated carbocycles. The number of ether oxygens (including phenoxy) is 1. The standard InChI is InChI=1S/C13H25NO/c1-9(2)11(5)7-8-12(6)15-13(14)10(3)4/h7,9-10,12,14H,8H2,1-6H3/b11-7-,14-13?. The Kier molecular flexibility index (Phi) is 6.30. The highest BCUT2D eigenvalue weighted by Crippen LogP contribution is 2.11. The minimum atomic E-state index is 0.105. The number of nitrogens with one attached hydrogen (secondary N) is 1. The van der Waals surface area contributed by atoms with E-state index in [1.807, 2.05) is 20.8 Å². The van der Waals surface area contributed by atoms with E-state index in [-0.39, 0.29) is 12.0 Å². The van der Waals surface area contributed by atoms with Crippen molar-refractivity contribution in [2.45, 2.75) is 54.1 Å². The van der Waals surface area contributed by atoms with Crippen molar-refractivity contribution in [3.05, 3.63) is 11.6 Å². The second-order valence-corrected chi connectivity index (χ2v) is 4.79. The van der Waals surface area contributed by atoms with E-state index in [0.717, 1.165) is 6.42 Å². The Hall–Kier alpha value is -0.790. The lowest BCUT2D eigenvalue weighted by Crippen LogP contribution is -2.18. The van der Waals surface area contributed by atoms with Crippen molar-refractivity contribution >= 4 is 5.90 Å². The van der Waals surface area contributed by atoms with E-state index in [1.165, 1.54) is 5.57 Å². The molecule has 0 aromatic heterocycles. The summed E-state index contributed by atoms with van der Waals surface area (Å²) in [5.74, 6) is 1.17. The molecular formula is C13H25NO. The van der Waals surface area contributed by atoms with Gasteiger partial charge in [-0.25, -0.2) is 0 Å². The molecule has 0 aliphatic rings. The maximum atomic E-state index is 7.60. The van der Waals surface area contributed by atoms with Gasteiger partial charge in [0.15, 0.2) is 5.90 Å². The highest BCUT2D eigenvalue weighted by molar-refractivity contribution is 5.74. The number of hydrogen-bond acceptors (Lipinski definition) is 2. The van der Waals surface area contributed by atoms with Gasteiger partial charge in [-0.1, -0.05) is 39.3 Å². The van der Waals surface area contributed by atoms with Gasteiger partial charge in [-0.15, -0.1) is 0 Å². The van der Waals surface area contributed by atoms with E-state index in [2.05, 4.69) is 26.8 Å². The summed E-state index contributed by atoms with van der Waals surface area (Å²) in [5.41, 5.74) is 1.39. The monoisotopic (exact) mass is 211 g/mol. The molecule has 0 aliphatic carbocycles. The molecule has 0 amide bonds. The van der Waals surface area contributed by atoms with Crippen LogP contribution < -0.4 is 0 Å². The van der Waals surface area contributed by atoms with Gasteiger partial charge in [0.25, 0.3) is 0 Å². The Morgan fingerprint density at radius 1 is 1.13 bits per heavy atom. The lowest BCUT2D eigenvalue weighted by Gasteiger charge is -2.16. The molecule has 0 saturated heterocycles. The first-order valence-electron chi connectivity index (χ1n) is 5.76. The SMILES string of the molecule is C/C(=C/CC(C)OC(=N)C(C)C)C(C)C. The van der Waals surface area contributed by atoms with Crippen LogP contribution in [-0.4, -0.2) is 12.0 Å². The zero-order valence-corrected chi connectivity index (χ0v) is 10.9. The second-order valence-electron chi connectivity index (χ2n) is 4.79. The van der Waals surface area contributed by atoms with Gasteiger partial charge in [-0.2, -0.15) is 0 Å². The summed E-state index contributed by atoms with van der Waals surface area (Å²) in [5, 5.41) is 7.60. The second kappa shape index (κ2) is 6.65. The van der Waals surface area contributed by atoms with Crippen LogP contribution in [0.2, 0.25) is 0 Å². The van der Waals surface area contributed by atoms with Gasteiger partial charge in [0.1, 0.15) is 6.10 Å². The van der Waals surface area contributed by atoms with Gasteiger partial charge in [-0.3, -0.25) is 5.41 Å². The maximum Gasteiger partial charge on any atom is 0.183 e. The first kappa shape index (κ1) is 14.2. The minimum absolute atomic E-state index is 0.105. The summed E-state index contributed by atoms with van der Waals surface area (Å²) in [4.78, 5) is 0. The van der Waals surface area contributed by atoms with Gasteiger partial charge in [0.05, 0.1) is 0 Å². The molecule has 1 N–H and O–H groups in total. The van der Waals surface area contributed by atoms with Crippen LogP contribution in [0.3, 0.4) is 0 Å². The molecule has 2 nitrogen and oxygen atoms in total. The van der Waals surface area contributed by atoms with Crippen molar-refractivity contribution in [1.82, 2.24) is 0 Å². The van der Waals surface area contributed by atoms with Gasteiger partial charge in [0, 0.05) is 12.3 Å².